The predicted molar refractivity (Wildman–Crippen MR) is 93.3 cm³/mol. The van der Waals surface area contributed by atoms with E-state index in [0.717, 1.165) is 15.9 Å². The number of fused-ring (bicyclic) bond motifs is 1. The van der Waals surface area contributed by atoms with Gasteiger partial charge in [0.1, 0.15) is 7.05 Å². The molecule has 0 bridgehead atoms. The van der Waals surface area contributed by atoms with Gasteiger partial charge in [0.25, 0.3) is 0 Å². The van der Waals surface area contributed by atoms with Crippen molar-refractivity contribution in [1.82, 2.24) is 0 Å². The highest BCUT2D eigenvalue weighted by atomic mass is 32.2. The molecule has 0 saturated heterocycles. The molecule has 0 N–H and O–H groups in total. The smallest absolute Gasteiger partial charge is 0.189 e. The Balaban J connectivity index is 1.78. The molecule has 3 nitrogen and oxygen atoms in total. The number of thioether (sulfide) groups is 1. The zero-order chi connectivity index (χ0) is 15.2. The van der Waals surface area contributed by atoms with Crippen molar-refractivity contribution in [1.29, 1.82) is 0 Å². The van der Waals surface area contributed by atoms with Crippen LogP contribution in [0.25, 0.3) is 5.70 Å². The topological polar surface area (TPSA) is 24.7 Å². The predicted octanol–water partition coefficient (Wildman–Crippen LogP) is 4.22. The molecule has 0 radical (unpaired) electrons. The Hall–Kier alpha value is -2.17. The molecule has 2 aliphatic heterocycles. The molecular weight excluding hydrogens is 290 g/mol. The van der Waals surface area contributed by atoms with Gasteiger partial charge in [-0.15, -0.1) is 4.59 Å². The lowest BCUT2D eigenvalue weighted by Crippen LogP contribution is -2.35. The Bertz CT molecular complexity index is 836. The van der Waals surface area contributed by atoms with Crippen LogP contribution in [0.15, 0.2) is 70.9 Å². The van der Waals surface area contributed by atoms with Crippen LogP contribution in [0.5, 0.6) is 0 Å². The molecule has 2 aliphatic rings. The lowest BCUT2D eigenvalue weighted by atomic mass is 10.1. The molecule has 4 heteroatoms. The fraction of sp³-hybridized carbons (Fsp3) is 0.111. The highest BCUT2D eigenvalue weighted by Crippen LogP contribution is 2.42. The molecule has 2 aromatic carbocycles. The molecule has 0 fully saturated rings. The van der Waals surface area contributed by atoms with Crippen LogP contribution in [0.1, 0.15) is 16.7 Å². The van der Waals surface area contributed by atoms with Crippen LogP contribution in [0.4, 0.5) is 0 Å². The number of hydrogen-bond donors (Lipinski definition) is 0. The number of aryl methyl sites for hydroxylation is 1. The van der Waals surface area contributed by atoms with Crippen molar-refractivity contribution >= 4 is 27.7 Å². The van der Waals surface area contributed by atoms with E-state index in [1.807, 2.05) is 12.3 Å². The normalized spacial score (nSPS) is 22.9. The van der Waals surface area contributed by atoms with Crippen molar-refractivity contribution in [3.63, 3.8) is 0 Å². The number of aliphatic imine (C=N–C) groups is 1. The molecule has 0 aliphatic carbocycles. The van der Waals surface area contributed by atoms with E-state index < -0.39 is 0 Å². The van der Waals surface area contributed by atoms with E-state index in [4.69, 9.17) is 5.10 Å². The molecule has 2 heterocycles. The van der Waals surface area contributed by atoms with Crippen molar-refractivity contribution in [2.45, 2.75) is 6.92 Å². The monoisotopic (exact) mass is 306 g/mol. The first-order chi connectivity index (χ1) is 10.7. The van der Waals surface area contributed by atoms with E-state index in [9.17, 15) is 0 Å². The fourth-order valence-corrected chi connectivity index (χ4v) is 3.94. The first-order valence-electron chi connectivity index (χ1n) is 7.23. The van der Waals surface area contributed by atoms with Gasteiger partial charge in [-0.1, -0.05) is 47.6 Å². The summed E-state index contributed by atoms with van der Waals surface area (Å²) in [6.45, 7) is 2.12. The maximum Gasteiger partial charge on any atom is 0.302 e. The first-order valence-corrected chi connectivity index (χ1v) is 8.05. The van der Waals surface area contributed by atoms with Gasteiger partial charge in [0.2, 0.25) is 0 Å². The summed E-state index contributed by atoms with van der Waals surface area (Å²) in [5.41, 5.74) is 4.72. The maximum atomic E-state index is 4.99. The molecule has 22 heavy (non-hydrogen) atoms. The van der Waals surface area contributed by atoms with Gasteiger partial charge in [-0.25, -0.2) is 0 Å². The van der Waals surface area contributed by atoms with Gasteiger partial charge in [0.05, 0.1) is 6.20 Å². The third-order valence-corrected chi connectivity index (χ3v) is 5.20. The van der Waals surface area contributed by atoms with Crippen molar-refractivity contribution in [2.24, 2.45) is 10.1 Å². The Morgan fingerprint density at radius 3 is 2.45 bits per heavy atom. The Kier molecular flexibility index (Phi) is 3.03. The lowest BCUT2D eigenvalue weighted by molar-refractivity contribution is -0.742. The van der Waals surface area contributed by atoms with Gasteiger partial charge in [-0.05, 0) is 24.6 Å². The molecular formula is C18H16N3S+. The second-order valence-corrected chi connectivity index (χ2v) is 6.53. The quantitative estimate of drug-likeness (QED) is 0.763. The molecule has 108 valence electrons. The molecule has 4 rings (SSSR count). The van der Waals surface area contributed by atoms with E-state index in [-0.39, 0.29) is 0 Å². The van der Waals surface area contributed by atoms with Crippen molar-refractivity contribution in [2.75, 3.05) is 7.05 Å². The van der Waals surface area contributed by atoms with Gasteiger partial charge >= 0.3 is 5.17 Å². The van der Waals surface area contributed by atoms with Crippen molar-refractivity contribution < 1.29 is 4.59 Å². The van der Waals surface area contributed by atoms with Crippen LogP contribution in [-0.4, -0.2) is 21.9 Å². The number of rotatable bonds is 2. The Morgan fingerprint density at radius 2 is 1.68 bits per heavy atom. The molecule has 0 aromatic heterocycles. The zero-order valence-electron chi connectivity index (χ0n) is 12.5. The molecule has 0 saturated carbocycles. The number of quaternary nitrogens is 1. The molecule has 1 atom stereocenters. The molecule has 0 spiro atoms. The van der Waals surface area contributed by atoms with Gasteiger partial charge in [-0.2, -0.15) is 4.99 Å². The summed E-state index contributed by atoms with van der Waals surface area (Å²) < 4.78 is 0.415. The summed E-state index contributed by atoms with van der Waals surface area (Å²) in [5.74, 6) is 0. The Morgan fingerprint density at radius 1 is 0.955 bits per heavy atom. The highest BCUT2D eigenvalue weighted by Gasteiger charge is 2.47. The fourth-order valence-electron chi connectivity index (χ4n) is 2.80. The third kappa shape index (κ3) is 1.95. The van der Waals surface area contributed by atoms with Gasteiger partial charge in [-0.3, -0.25) is 0 Å². The average molecular weight is 306 g/mol. The minimum Gasteiger partial charge on any atom is -0.189 e. The maximum absolute atomic E-state index is 4.99. The molecule has 0 amide bonds. The second-order valence-electron chi connectivity index (χ2n) is 5.57. The SMILES string of the molecule is Cc1ccccc1C1=N[N+]2(C)C(c3ccccc3)=CN=C2S1. The Labute approximate surface area is 134 Å². The van der Waals surface area contributed by atoms with E-state index in [1.165, 1.54) is 16.7 Å². The van der Waals surface area contributed by atoms with E-state index in [1.54, 1.807) is 11.8 Å². The first kappa shape index (κ1) is 13.5. The highest BCUT2D eigenvalue weighted by molar-refractivity contribution is 8.27. The summed E-state index contributed by atoms with van der Waals surface area (Å²) in [7, 11) is 2.10. The number of hydrogen-bond acceptors (Lipinski definition) is 3. The van der Waals surface area contributed by atoms with Crippen LogP contribution in [0.3, 0.4) is 0 Å². The molecule has 1 unspecified atom stereocenters. The van der Waals surface area contributed by atoms with Gasteiger partial charge in [0, 0.05) is 22.9 Å². The zero-order valence-corrected chi connectivity index (χ0v) is 13.3. The van der Waals surface area contributed by atoms with Crippen LogP contribution in [0.2, 0.25) is 0 Å². The lowest BCUT2D eigenvalue weighted by Gasteiger charge is -2.20. The van der Waals surface area contributed by atoms with E-state index >= 15 is 0 Å². The minimum atomic E-state index is 0.415. The van der Waals surface area contributed by atoms with E-state index in [0.29, 0.717) is 4.59 Å². The largest absolute Gasteiger partial charge is 0.302 e. The van der Waals surface area contributed by atoms with Crippen molar-refractivity contribution in [3.05, 3.63) is 77.5 Å². The standard InChI is InChI=1S/C18H16N3S/c1-13-8-6-7-11-15(13)17-20-21(2)16(12-19-18(21)22-17)14-9-4-3-5-10-14/h3-12H,1-2H3/q+1. The van der Waals surface area contributed by atoms with Crippen molar-refractivity contribution in [3.8, 4) is 0 Å². The number of benzene rings is 2. The van der Waals surface area contributed by atoms with Crippen LogP contribution >= 0.6 is 11.8 Å². The second kappa shape index (κ2) is 4.93. The van der Waals surface area contributed by atoms with Crippen LogP contribution < -0.4 is 0 Å². The summed E-state index contributed by atoms with van der Waals surface area (Å²) in [6, 6.07) is 18.7. The summed E-state index contributed by atoms with van der Waals surface area (Å²) in [6.07, 6.45) is 1.94. The van der Waals surface area contributed by atoms with E-state index in [2.05, 4.69) is 67.5 Å². The van der Waals surface area contributed by atoms with Gasteiger partial charge < -0.3 is 0 Å². The number of nitrogens with zero attached hydrogens (tertiary/aromatic N) is 3. The number of amidine groups is 1. The summed E-state index contributed by atoms with van der Waals surface area (Å²) in [4.78, 5) is 4.61. The molecule has 2 aromatic rings. The minimum absolute atomic E-state index is 0.415. The average Bonchev–Trinajstić information content (AvgIpc) is 3.01. The summed E-state index contributed by atoms with van der Waals surface area (Å²) >= 11 is 1.67. The van der Waals surface area contributed by atoms with Crippen LogP contribution in [0, 0.1) is 6.92 Å². The van der Waals surface area contributed by atoms with Gasteiger partial charge in [0.15, 0.2) is 10.7 Å². The van der Waals surface area contributed by atoms with Crippen LogP contribution in [-0.2, 0) is 0 Å². The third-order valence-electron chi connectivity index (χ3n) is 4.06. The summed E-state index contributed by atoms with van der Waals surface area (Å²) in [5, 5.41) is 7.04.